The van der Waals surface area contributed by atoms with Crippen molar-refractivity contribution < 1.29 is 5.11 Å². The molecule has 2 heteroatoms. The van der Waals surface area contributed by atoms with Gasteiger partial charge in [-0.05, 0) is 50.8 Å². The summed E-state index contributed by atoms with van der Waals surface area (Å²) in [6.45, 7) is 9.96. The molecule has 2 nitrogen and oxygen atoms in total. The van der Waals surface area contributed by atoms with E-state index < -0.39 is 0 Å². The highest BCUT2D eigenvalue weighted by atomic mass is 16.3. The summed E-state index contributed by atoms with van der Waals surface area (Å²) in [5, 5.41) is 12.6. The summed E-state index contributed by atoms with van der Waals surface area (Å²) in [5.41, 5.74) is 4.04. The van der Waals surface area contributed by atoms with E-state index in [1.807, 2.05) is 0 Å². The Morgan fingerprint density at radius 1 is 1.28 bits per heavy atom. The van der Waals surface area contributed by atoms with E-state index in [1.165, 1.54) is 16.7 Å². The van der Waals surface area contributed by atoms with Crippen LogP contribution in [0.5, 0.6) is 0 Å². The van der Waals surface area contributed by atoms with Gasteiger partial charge in [-0.3, -0.25) is 0 Å². The van der Waals surface area contributed by atoms with Crippen molar-refractivity contribution in [3.63, 3.8) is 0 Å². The third-order valence-electron chi connectivity index (χ3n) is 3.72. The van der Waals surface area contributed by atoms with Gasteiger partial charge in [-0.25, -0.2) is 0 Å². The van der Waals surface area contributed by atoms with Gasteiger partial charge in [0.25, 0.3) is 0 Å². The van der Waals surface area contributed by atoms with Crippen LogP contribution in [0.3, 0.4) is 0 Å². The van der Waals surface area contributed by atoms with Crippen LogP contribution in [0.1, 0.15) is 49.4 Å². The van der Waals surface area contributed by atoms with Gasteiger partial charge in [-0.1, -0.05) is 37.1 Å². The molecule has 0 aliphatic carbocycles. The molecule has 2 unspecified atom stereocenters. The highest BCUT2D eigenvalue weighted by Crippen LogP contribution is 2.19. The molecular formula is C16H27NO. The van der Waals surface area contributed by atoms with Gasteiger partial charge in [0.05, 0.1) is 0 Å². The first-order chi connectivity index (χ1) is 8.58. The molecule has 102 valence electrons. The first-order valence-corrected chi connectivity index (χ1v) is 6.99. The molecule has 0 saturated heterocycles. The number of rotatable bonds is 7. The Morgan fingerprint density at radius 2 is 2.00 bits per heavy atom. The van der Waals surface area contributed by atoms with Gasteiger partial charge in [0, 0.05) is 12.6 Å². The minimum Gasteiger partial charge on any atom is -0.396 e. The first-order valence-electron chi connectivity index (χ1n) is 6.99. The molecule has 1 aromatic rings. The van der Waals surface area contributed by atoms with Gasteiger partial charge in [0.1, 0.15) is 0 Å². The third-order valence-corrected chi connectivity index (χ3v) is 3.72. The van der Waals surface area contributed by atoms with Crippen molar-refractivity contribution in [1.29, 1.82) is 0 Å². The lowest BCUT2D eigenvalue weighted by molar-refractivity contribution is 0.249. The molecular weight excluding hydrogens is 222 g/mol. The zero-order valence-corrected chi connectivity index (χ0v) is 12.2. The third kappa shape index (κ3) is 4.43. The number of aryl methyl sites for hydroxylation is 2. The van der Waals surface area contributed by atoms with Crippen LogP contribution in [-0.2, 0) is 0 Å². The van der Waals surface area contributed by atoms with Gasteiger partial charge in [-0.2, -0.15) is 0 Å². The molecule has 0 aliphatic rings. The zero-order chi connectivity index (χ0) is 13.5. The van der Waals surface area contributed by atoms with Gasteiger partial charge in [0.15, 0.2) is 0 Å². The Bertz CT molecular complexity index is 362. The highest BCUT2D eigenvalue weighted by Gasteiger charge is 2.11. The van der Waals surface area contributed by atoms with Crippen molar-refractivity contribution >= 4 is 0 Å². The molecule has 18 heavy (non-hydrogen) atoms. The largest absolute Gasteiger partial charge is 0.396 e. The maximum Gasteiger partial charge on any atom is 0.0434 e. The fraction of sp³-hybridized carbons (Fsp3) is 0.625. The Labute approximate surface area is 111 Å². The monoisotopic (exact) mass is 249 g/mol. The van der Waals surface area contributed by atoms with Crippen molar-refractivity contribution in [2.24, 2.45) is 5.92 Å². The Hall–Kier alpha value is -0.860. The van der Waals surface area contributed by atoms with Crippen LogP contribution in [0, 0.1) is 19.8 Å². The predicted molar refractivity (Wildman–Crippen MR) is 77.8 cm³/mol. The number of hydrogen-bond acceptors (Lipinski definition) is 2. The molecule has 1 aromatic carbocycles. The number of aliphatic hydroxyl groups is 1. The standard InChI is InChI=1S/C16H27NO/c1-5-15(8-9-18)11-17-14(4)16-7-6-12(2)10-13(16)3/h6-7,10,14-15,17-18H,5,8-9,11H2,1-4H3. The lowest BCUT2D eigenvalue weighted by Crippen LogP contribution is -2.26. The van der Waals surface area contributed by atoms with E-state index in [4.69, 9.17) is 5.11 Å². The number of benzene rings is 1. The summed E-state index contributed by atoms with van der Waals surface area (Å²) in [5.74, 6) is 0.572. The summed E-state index contributed by atoms with van der Waals surface area (Å²) >= 11 is 0. The Kier molecular flexibility index (Phi) is 6.37. The SMILES string of the molecule is CCC(CCO)CNC(C)c1ccc(C)cc1C. The highest BCUT2D eigenvalue weighted by molar-refractivity contribution is 5.32. The summed E-state index contributed by atoms with van der Waals surface area (Å²) < 4.78 is 0. The zero-order valence-electron chi connectivity index (χ0n) is 12.2. The van der Waals surface area contributed by atoms with Crippen molar-refractivity contribution in [3.8, 4) is 0 Å². The van der Waals surface area contributed by atoms with Crippen molar-refractivity contribution in [2.75, 3.05) is 13.2 Å². The fourth-order valence-corrected chi connectivity index (χ4v) is 2.40. The van der Waals surface area contributed by atoms with Crippen LogP contribution in [0.4, 0.5) is 0 Å². The number of aliphatic hydroxyl groups excluding tert-OH is 1. The van der Waals surface area contributed by atoms with E-state index in [2.05, 4.69) is 51.2 Å². The maximum atomic E-state index is 9.00. The topological polar surface area (TPSA) is 32.3 Å². The predicted octanol–water partition coefficient (Wildman–Crippen LogP) is 3.36. The van der Waals surface area contributed by atoms with E-state index in [9.17, 15) is 0 Å². The second-order valence-corrected chi connectivity index (χ2v) is 5.28. The van der Waals surface area contributed by atoms with Gasteiger partial charge in [-0.15, -0.1) is 0 Å². The molecule has 2 N–H and O–H groups in total. The fourth-order valence-electron chi connectivity index (χ4n) is 2.40. The van der Waals surface area contributed by atoms with E-state index in [0.717, 1.165) is 19.4 Å². The molecule has 0 heterocycles. The quantitative estimate of drug-likeness (QED) is 0.776. The maximum absolute atomic E-state index is 9.00. The van der Waals surface area contributed by atoms with Crippen LogP contribution in [-0.4, -0.2) is 18.3 Å². The van der Waals surface area contributed by atoms with Crippen LogP contribution in [0.25, 0.3) is 0 Å². The molecule has 1 rings (SSSR count). The Balaban J connectivity index is 2.56. The van der Waals surface area contributed by atoms with E-state index >= 15 is 0 Å². The molecule has 0 radical (unpaired) electrons. The average Bonchev–Trinajstić information content (AvgIpc) is 2.34. The van der Waals surface area contributed by atoms with Gasteiger partial charge < -0.3 is 10.4 Å². The molecule has 2 atom stereocenters. The van der Waals surface area contributed by atoms with Crippen LogP contribution in [0.2, 0.25) is 0 Å². The summed E-state index contributed by atoms with van der Waals surface area (Å²) in [7, 11) is 0. The average molecular weight is 249 g/mol. The lowest BCUT2D eigenvalue weighted by Gasteiger charge is -2.21. The molecule has 0 aliphatic heterocycles. The molecule has 0 fully saturated rings. The molecule has 0 aromatic heterocycles. The molecule has 0 bridgehead atoms. The van der Waals surface area contributed by atoms with Crippen LogP contribution >= 0.6 is 0 Å². The van der Waals surface area contributed by atoms with Gasteiger partial charge in [0.2, 0.25) is 0 Å². The normalized spacial score (nSPS) is 14.5. The van der Waals surface area contributed by atoms with Crippen molar-refractivity contribution in [3.05, 3.63) is 34.9 Å². The smallest absolute Gasteiger partial charge is 0.0434 e. The minimum atomic E-state index is 0.290. The van der Waals surface area contributed by atoms with Crippen molar-refractivity contribution in [2.45, 2.75) is 46.6 Å². The summed E-state index contributed by atoms with van der Waals surface area (Å²) in [6.07, 6.45) is 2.01. The second-order valence-electron chi connectivity index (χ2n) is 5.28. The first kappa shape index (κ1) is 15.2. The summed E-state index contributed by atoms with van der Waals surface area (Å²) in [6, 6.07) is 7.00. The molecule has 0 amide bonds. The van der Waals surface area contributed by atoms with Gasteiger partial charge >= 0.3 is 0 Å². The van der Waals surface area contributed by atoms with E-state index in [-0.39, 0.29) is 6.61 Å². The number of nitrogens with one attached hydrogen (secondary N) is 1. The second kappa shape index (κ2) is 7.55. The Morgan fingerprint density at radius 3 is 2.56 bits per heavy atom. The molecule has 0 saturated carbocycles. The van der Waals surface area contributed by atoms with E-state index in [0.29, 0.717) is 12.0 Å². The van der Waals surface area contributed by atoms with E-state index in [1.54, 1.807) is 0 Å². The lowest BCUT2D eigenvalue weighted by atomic mass is 9.98. The number of hydrogen-bond donors (Lipinski definition) is 2. The van der Waals surface area contributed by atoms with Crippen LogP contribution < -0.4 is 5.32 Å². The minimum absolute atomic E-state index is 0.290. The summed E-state index contributed by atoms with van der Waals surface area (Å²) in [4.78, 5) is 0. The van der Waals surface area contributed by atoms with Crippen molar-refractivity contribution in [1.82, 2.24) is 5.32 Å². The van der Waals surface area contributed by atoms with Crippen LogP contribution in [0.15, 0.2) is 18.2 Å². The molecule has 0 spiro atoms.